The summed E-state index contributed by atoms with van der Waals surface area (Å²) >= 11 is 0. The molecule has 1 fully saturated rings. The van der Waals surface area contributed by atoms with Crippen molar-refractivity contribution in [1.82, 2.24) is 0 Å². The predicted molar refractivity (Wildman–Crippen MR) is 58.6 cm³/mol. The molecule has 0 aromatic heterocycles. The topological polar surface area (TPSA) is 0 Å². The second kappa shape index (κ2) is 10.1. The molecule has 0 heteroatoms. The standard InChI is InChI=1S/C12H24.C/c1-2-4-6-8-10-12-11-9-7-5-3-1;/h1-12H2;. The molecule has 0 aromatic carbocycles. The highest BCUT2D eigenvalue weighted by atomic mass is 14.0. The van der Waals surface area contributed by atoms with Crippen LogP contribution in [0.15, 0.2) is 0 Å². The summed E-state index contributed by atoms with van der Waals surface area (Å²) in [5.41, 5.74) is 0. The van der Waals surface area contributed by atoms with Gasteiger partial charge in [-0.2, -0.15) is 0 Å². The molecule has 0 aliphatic heterocycles. The van der Waals surface area contributed by atoms with Gasteiger partial charge in [0, 0.05) is 7.43 Å². The van der Waals surface area contributed by atoms with E-state index >= 15 is 0 Å². The van der Waals surface area contributed by atoms with Crippen LogP contribution in [0.2, 0.25) is 0 Å². The lowest BCUT2D eigenvalue weighted by Gasteiger charge is -2.05. The number of rotatable bonds is 0. The highest BCUT2D eigenvalue weighted by molar-refractivity contribution is 4.51. The SMILES string of the molecule is C1CCCCCCCCCCC1.[C]. The predicted octanol–water partition coefficient (Wildman–Crippen LogP) is 4.76. The van der Waals surface area contributed by atoms with Crippen LogP contribution in [-0.4, -0.2) is 0 Å². The summed E-state index contributed by atoms with van der Waals surface area (Å²) in [6.07, 6.45) is 18.0. The van der Waals surface area contributed by atoms with E-state index < -0.39 is 0 Å². The zero-order valence-electron chi connectivity index (χ0n) is 8.99. The zero-order valence-corrected chi connectivity index (χ0v) is 8.99. The highest BCUT2D eigenvalue weighted by Crippen LogP contribution is 2.15. The van der Waals surface area contributed by atoms with E-state index in [1.54, 1.807) is 0 Å². The van der Waals surface area contributed by atoms with Gasteiger partial charge in [-0.3, -0.25) is 0 Å². The van der Waals surface area contributed by atoms with Crippen molar-refractivity contribution >= 4 is 0 Å². The molecule has 0 amide bonds. The van der Waals surface area contributed by atoms with Crippen molar-refractivity contribution in [2.75, 3.05) is 0 Å². The van der Waals surface area contributed by atoms with Gasteiger partial charge in [0.25, 0.3) is 0 Å². The lowest BCUT2D eigenvalue weighted by molar-refractivity contribution is 0.504. The molecule has 0 nitrogen and oxygen atoms in total. The van der Waals surface area contributed by atoms with Crippen LogP contribution in [0.25, 0.3) is 0 Å². The van der Waals surface area contributed by atoms with Gasteiger partial charge in [-0.25, -0.2) is 0 Å². The smallest absolute Gasteiger partial charge is 0 e. The first kappa shape index (κ1) is 13.0. The summed E-state index contributed by atoms with van der Waals surface area (Å²) in [6.45, 7) is 0. The minimum absolute atomic E-state index is 0. The Hall–Kier alpha value is 0. The Kier molecular flexibility index (Phi) is 10.1. The normalized spacial score (nSPS) is 22.2. The Balaban J connectivity index is 0.00000144. The van der Waals surface area contributed by atoms with Gasteiger partial charge in [-0.05, 0) is 0 Å². The first-order valence-corrected chi connectivity index (χ1v) is 6.00. The van der Waals surface area contributed by atoms with Gasteiger partial charge in [0.1, 0.15) is 0 Å². The van der Waals surface area contributed by atoms with Crippen LogP contribution in [0.5, 0.6) is 0 Å². The third-order valence-electron chi connectivity index (χ3n) is 3.00. The fourth-order valence-electron chi connectivity index (χ4n) is 2.12. The summed E-state index contributed by atoms with van der Waals surface area (Å²) in [6, 6.07) is 0. The first-order chi connectivity index (χ1) is 6.00. The molecule has 0 N–H and O–H groups in total. The molecule has 0 atom stereocenters. The monoisotopic (exact) mass is 180 g/mol. The molecule has 0 spiro atoms. The maximum atomic E-state index is 1.50. The molecule has 0 bridgehead atoms. The third kappa shape index (κ3) is 8.33. The average Bonchev–Trinajstić information content (AvgIpc) is 2.05. The highest BCUT2D eigenvalue weighted by Gasteiger charge is 1.96. The van der Waals surface area contributed by atoms with Gasteiger partial charge < -0.3 is 0 Å². The quantitative estimate of drug-likeness (QED) is 0.504. The van der Waals surface area contributed by atoms with Gasteiger partial charge in [-0.15, -0.1) is 0 Å². The third-order valence-corrected chi connectivity index (χ3v) is 3.00. The molecule has 1 rings (SSSR count). The molecule has 1 saturated carbocycles. The molecule has 0 heterocycles. The summed E-state index contributed by atoms with van der Waals surface area (Å²) in [5, 5.41) is 0. The molecule has 0 saturated heterocycles. The number of hydrogen-bond donors (Lipinski definition) is 0. The first-order valence-electron chi connectivity index (χ1n) is 6.00. The minimum atomic E-state index is 0. The molecular weight excluding hydrogens is 156 g/mol. The van der Waals surface area contributed by atoms with E-state index in [9.17, 15) is 0 Å². The van der Waals surface area contributed by atoms with Crippen LogP contribution in [0, 0.1) is 7.43 Å². The fourth-order valence-corrected chi connectivity index (χ4v) is 2.12. The maximum absolute atomic E-state index is 1.50. The van der Waals surface area contributed by atoms with Gasteiger partial charge in [0.15, 0.2) is 0 Å². The van der Waals surface area contributed by atoms with E-state index in [0.29, 0.717) is 0 Å². The molecule has 0 unspecified atom stereocenters. The van der Waals surface area contributed by atoms with Crippen LogP contribution in [-0.2, 0) is 0 Å². The van der Waals surface area contributed by atoms with E-state index in [1.807, 2.05) is 0 Å². The van der Waals surface area contributed by atoms with Crippen LogP contribution < -0.4 is 0 Å². The van der Waals surface area contributed by atoms with Gasteiger partial charge in [-0.1, -0.05) is 77.0 Å². The van der Waals surface area contributed by atoms with Crippen molar-refractivity contribution in [3.05, 3.63) is 7.43 Å². The summed E-state index contributed by atoms with van der Waals surface area (Å²) in [4.78, 5) is 0. The Morgan fingerprint density at radius 1 is 0.231 bits per heavy atom. The van der Waals surface area contributed by atoms with E-state index in [-0.39, 0.29) is 7.43 Å². The Bertz CT molecular complexity index is 43.0. The van der Waals surface area contributed by atoms with E-state index in [2.05, 4.69) is 0 Å². The van der Waals surface area contributed by atoms with Crippen LogP contribution in [0.1, 0.15) is 77.0 Å². The molecule has 13 heavy (non-hydrogen) atoms. The van der Waals surface area contributed by atoms with Crippen molar-refractivity contribution in [2.45, 2.75) is 77.0 Å². The summed E-state index contributed by atoms with van der Waals surface area (Å²) in [7, 11) is 0. The maximum Gasteiger partial charge on any atom is 0 e. The molecule has 0 aromatic rings. The Morgan fingerprint density at radius 3 is 0.385 bits per heavy atom. The Labute approximate surface area is 85.1 Å². The number of hydrogen-bond acceptors (Lipinski definition) is 0. The molecular formula is C13H24. The fraction of sp³-hybridized carbons (Fsp3) is 0.923. The Morgan fingerprint density at radius 2 is 0.308 bits per heavy atom. The van der Waals surface area contributed by atoms with Crippen molar-refractivity contribution in [1.29, 1.82) is 0 Å². The van der Waals surface area contributed by atoms with Crippen molar-refractivity contribution in [3.8, 4) is 0 Å². The average molecular weight is 180 g/mol. The molecule has 1 aliphatic rings. The second-order valence-corrected chi connectivity index (χ2v) is 4.24. The van der Waals surface area contributed by atoms with Crippen molar-refractivity contribution < 1.29 is 0 Å². The molecule has 76 valence electrons. The van der Waals surface area contributed by atoms with Crippen molar-refractivity contribution in [2.24, 2.45) is 0 Å². The van der Waals surface area contributed by atoms with Crippen LogP contribution in [0.4, 0.5) is 0 Å². The molecule has 1 aliphatic carbocycles. The molecule has 4 radical (unpaired) electrons. The largest absolute Gasteiger partial charge is 0.0533 e. The minimum Gasteiger partial charge on any atom is -0.0533 e. The lowest BCUT2D eigenvalue weighted by atomic mass is 10.0. The summed E-state index contributed by atoms with van der Waals surface area (Å²) in [5.74, 6) is 0. The van der Waals surface area contributed by atoms with Crippen molar-refractivity contribution in [3.63, 3.8) is 0 Å². The van der Waals surface area contributed by atoms with Gasteiger partial charge in [0.2, 0.25) is 0 Å². The van der Waals surface area contributed by atoms with Gasteiger partial charge >= 0.3 is 0 Å². The van der Waals surface area contributed by atoms with E-state index in [4.69, 9.17) is 0 Å². The van der Waals surface area contributed by atoms with E-state index in [0.717, 1.165) is 0 Å². The van der Waals surface area contributed by atoms with E-state index in [1.165, 1.54) is 77.0 Å². The second-order valence-electron chi connectivity index (χ2n) is 4.24. The summed E-state index contributed by atoms with van der Waals surface area (Å²) < 4.78 is 0. The zero-order chi connectivity index (χ0) is 8.49. The van der Waals surface area contributed by atoms with Crippen LogP contribution in [0.3, 0.4) is 0 Å². The van der Waals surface area contributed by atoms with Gasteiger partial charge in [0.05, 0.1) is 0 Å². The lowest BCUT2D eigenvalue weighted by Crippen LogP contribution is -1.85. The van der Waals surface area contributed by atoms with Crippen LogP contribution >= 0.6 is 0 Å².